The lowest BCUT2D eigenvalue weighted by Gasteiger charge is -2.17. The van der Waals surface area contributed by atoms with Crippen LogP contribution in [0.25, 0.3) is 0 Å². The lowest BCUT2D eigenvalue weighted by molar-refractivity contribution is 0.0991. The first-order chi connectivity index (χ1) is 12.5. The molecule has 0 amide bonds. The summed E-state index contributed by atoms with van der Waals surface area (Å²) in [7, 11) is 1.55. The van der Waals surface area contributed by atoms with Crippen molar-refractivity contribution in [2.45, 2.75) is 37.9 Å². The van der Waals surface area contributed by atoms with Gasteiger partial charge in [0.2, 0.25) is 0 Å². The average molecular weight is 396 g/mol. The number of hydrogen-bond donors (Lipinski definition) is 1. The van der Waals surface area contributed by atoms with Crippen LogP contribution in [0.15, 0.2) is 30.6 Å². The number of aliphatic hydroxyl groups excluding tert-OH is 1. The van der Waals surface area contributed by atoms with E-state index in [4.69, 9.17) is 32.7 Å². The molecule has 1 aliphatic rings. The van der Waals surface area contributed by atoms with Crippen LogP contribution in [-0.4, -0.2) is 35.2 Å². The standard InChI is InChI=1S/C19H19Cl2NO4/c1-25-18-5-2-11(6-19(18)26-13-4-3-12(23)7-13)17(24)8-14-15(20)9-22-10-16(14)21/h2,5-6,9-10,12-13,23H,3-4,7-8H2,1H3/t12-,13+/m0/s1. The van der Waals surface area contributed by atoms with Gasteiger partial charge in [-0.05, 0) is 31.0 Å². The Morgan fingerprint density at radius 2 is 1.96 bits per heavy atom. The number of aliphatic hydroxyl groups is 1. The predicted octanol–water partition coefficient (Wildman–Crippen LogP) is 4.11. The zero-order valence-electron chi connectivity index (χ0n) is 14.2. The van der Waals surface area contributed by atoms with Gasteiger partial charge in [-0.15, -0.1) is 0 Å². The monoisotopic (exact) mass is 395 g/mol. The Morgan fingerprint density at radius 1 is 1.23 bits per heavy atom. The van der Waals surface area contributed by atoms with E-state index < -0.39 is 0 Å². The van der Waals surface area contributed by atoms with Crippen LogP contribution in [0, 0.1) is 0 Å². The minimum atomic E-state index is -0.341. The summed E-state index contributed by atoms with van der Waals surface area (Å²) in [6.45, 7) is 0. The van der Waals surface area contributed by atoms with Gasteiger partial charge in [-0.1, -0.05) is 23.2 Å². The second kappa shape index (κ2) is 8.25. The maximum absolute atomic E-state index is 12.7. The number of ketones is 1. The van der Waals surface area contributed by atoms with Crippen molar-refractivity contribution in [2.75, 3.05) is 7.11 Å². The number of carbonyl (C=O) groups excluding carboxylic acids is 1. The SMILES string of the molecule is COc1ccc(C(=O)Cc2c(Cl)cncc2Cl)cc1O[C@@H]1CC[C@H](O)C1. The second-order valence-corrected chi connectivity index (χ2v) is 7.07. The fourth-order valence-electron chi connectivity index (χ4n) is 3.02. The minimum Gasteiger partial charge on any atom is -0.493 e. The molecule has 0 radical (unpaired) electrons. The molecule has 1 aromatic carbocycles. The van der Waals surface area contributed by atoms with Crippen molar-refractivity contribution in [3.63, 3.8) is 0 Å². The second-order valence-electron chi connectivity index (χ2n) is 6.25. The molecule has 1 N–H and O–H groups in total. The molecule has 3 rings (SSSR count). The number of nitrogens with zero attached hydrogens (tertiary/aromatic N) is 1. The number of hydrogen-bond acceptors (Lipinski definition) is 5. The number of pyridine rings is 1. The van der Waals surface area contributed by atoms with E-state index in [0.29, 0.717) is 45.5 Å². The molecule has 1 saturated carbocycles. The number of ether oxygens (including phenoxy) is 2. The Kier molecular flexibility index (Phi) is 6.01. The molecule has 1 heterocycles. The molecule has 26 heavy (non-hydrogen) atoms. The van der Waals surface area contributed by atoms with Crippen LogP contribution in [-0.2, 0) is 6.42 Å². The molecule has 1 aromatic heterocycles. The van der Waals surface area contributed by atoms with Gasteiger partial charge in [-0.3, -0.25) is 9.78 Å². The molecule has 0 unspecified atom stereocenters. The summed E-state index contributed by atoms with van der Waals surface area (Å²) in [6, 6.07) is 5.04. The Balaban J connectivity index is 1.81. The number of carbonyl (C=O) groups is 1. The lowest BCUT2D eigenvalue weighted by Crippen LogP contribution is -2.14. The van der Waals surface area contributed by atoms with Crippen molar-refractivity contribution in [3.8, 4) is 11.5 Å². The topological polar surface area (TPSA) is 68.7 Å². The summed E-state index contributed by atoms with van der Waals surface area (Å²) in [4.78, 5) is 16.6. The minimum absolute atomic E-state index is 0.0636. The summed E-state index contributed by atoms with van der Waals surface area (Å²) in [5.41, 5.74) is 1.02. The van der Waals surface area contributed by atoms with E-state index >= 15 is 0 Å². The number of aromatic nitrogens is 1. The molecule has 5 nitrogen and oxygen atoms in total. The van der Waals surface area contributed by atoms with E-state index in [9.17, 15) is 9.90 Å². The van der Waals surface area contributed by atoms with E-state index in [2.05, 4.69) is 4.98 Å². The number of benzene rings is 1. The quantitative estimate of drug-likeness (QED) is 0.745. The van der Waals surface area contributed by atoms with Gasteiger partial charge < -0.3 is 14.6 Å². The van der Waals surface area contributed by atoms with Crippen molar-refractivity contribution < 1.29 is 19.4 Å². The van der Waals surface area contributed by atoms with Crippen LogP contribution in [0.1, 0.15) is 35.2 Å². The molecule has 7 heteroatoms. The van der Waals surface area contributed by atoms with Crippen LogP contribution in [0.3, 0.4) is 0 Å². The highest BCUT2D eigenvalue weighted by molar-refractivity contribution is 6.36. The molecule has 0 aliphatic heterocycles. The van der Waals surface area contributed by atoms with Crippen LogP contribution >= 0.6 is 23.2 Å². The maximum Gasteiger partial charge on any atom is 0.167 e. The Morgan fingerprint density at radius 3 is 2.58 bits per heavy atom. The predicted molar refractivity (Wildman–Crippen MR) is 99.6 cm³/mol. The van der Waals surface area contributed by atoms with Gasteiger partial charge in [0.25, 0.3) is 0 Å². The normalized spacial score (nSPS) is 19.4. The van der Waals surface area contributed by atoms with Gasteiger partial charge in [-0.25, -0.2) is 0 Å². The van der Waals surface area contributed by atoms with E-state index in [0.717, 1.165) is 6.42 Å². The van der Waals surface area contributed by atoms with Gasteiger partial charge in [0.05, 0.1) is 23.3 Å². The molecular weight excluding hydrogens is 377 g/mol. The summed E-state index contributed by atoms with van der Waals surface area (Å²) in [6.07, 6.45) is 4.61. The summed E-state index contributed by atoms with van der Waals surface area (Å²) in [5.74, 6) is 0.895. The first kappa shape index (κ1) is 19.0. The largest absolute Gasteiger partial charge is 0.493 e. The third-order valence-corrected chi connectivity index (χ3v) is 5.08. The van der Waals surface area contributed by atoms with Crippen molar-refractivity contribution in [1.29, 1.82) is 0 Å². The third kappa shape index (κ3) is 4.29. The zero-order valence-corrected chi connectivity index (χ0v) is 15.8. The molecule has 2 atom stereocenters. The van der Waals surface area contributed by atoms with Crippen LogP contribution < -0.4 is 9.47 Å². The first-order valence-electron chi connectivity index (χ1n) is 8.31. The molecule has 1 fully saturated rings. The van der Waals surface area contributed by atoms with Crippen LogP contribution in [0.4, 0.5) is 0 Å². The summed E-state index contributed by atoms with van der Waals surface area (Å²) < 4.78 is 11.3. The van der Waals surface area contributed by atoms with Crippen LogP contribution in [0.2, 0.25) is 10.0 Å². The highest BCUT2D eigenvalue weighted by atomic mass is 35.5. The van der Waals surface area contributed by atoms with E-state index in [-0.39, 0.29) is 24.4 Å². The van der Waals surface area contributed by atoms with Crippen molar-refractivity contribution in [2.24, 2.45) is 0 Å². The lowest BCUT2D eigenvalue weighted by atomic mass is 10.0. The van der Waals surface area contributed by atoms with Crippen molar-refractivity contribution >= 4 is 29.0 Å². The van der Waals surface area contributed by atoms with Crippen LogP contribution in [0.5, 0.6) is 11.5 Å². The highest BCUT2D eigenvalue weighted by Gasteiger charge is 2.25. The van der Waals surface area contributed by atoms with E-state index in [1.807, 2.05) is 0 Å². The Hall–Kier alpha value is -1.82. The molecule has 0 bridgehead atoms. The number of Topliss-reactive ketones (excluding diaryl/α,β-unsaturated/α-hetero) is 1. The smallest absolute Gasteiger partial charge is 0.167 e. The molecule has 1 aliphatic carbocycles. The molecule has 138 valence electrons. The van der Waals surface area contributed by atoms with Gasteiger partial charge in [0.1, 0.15) is 6.10 Å². The summed E-state index contributed by atoms with van der Waals surface area (Å²) >= 11 is 12.2. The van der Waals surface area contributed by atoms with Gasteiger partial charge in [-0.2, -0.15) is 0 Å². The fourth-order valence-corrected chi connectivity index (χ4v) is 3.51. The van der Waals surface area contributed by atoms with Gasteiger partial charge in [0, 0.05) is 36.4 Å². The molecule has 0 saturated heterocycles. The Bertz CT molecular complexity index is 792. The fraction of sp³-hybridized carbons (Fsp3) is 0.368. The molecule has 2 aromatic rings. The maximum atomic E-state index is 12.7. The molecular formula is C19H19Cl2NO4. The number of rotatable bonds is 6. The number of halogens is 2. The zero-order chi connectivity index (χ0) is 18.7. The van der Waals surface area contributed by atoms with E-state index in [1.54, 1.807) is 25.3 Å². The summed E-state index contributed by atoms with van der Waals surface area (Å²) in [5, 5.41) is 10.4. The van der Waals surface area contributed by atoms with Gasteiger partial charge in [0.15, 0.2) is 17.3 Å². The first-order valence-corrected chi connectivity index (χ1v) is 9.07. The Labute approximate surface area is 161 Å². The third-order valence-electron chi connectivity index (χ3n) is 4.43. The average Bonchev–Trinajstić information content (AvgIpc) is 3.03. The van der Waals surface area contributed by atoms with E-state index in [1.165, 1.54) is 12.4 Å². The number of methoxy groups -OCH3 is 1. The molecule has 0 spiro atoms. The van der Waals surface area contributed by atoms with Crippen molar-refractivity contribution in [1.82, 2.24) is 4.98 Å². The highest BCUT2D eigenvalue weighted by Crippen LogP contribution is 2.33. The van der Waals surface area contributed by atoms with Crippen molar-refractivity contribution in [3.05, 3.63) is 51.8 Å². The van der Waals surface area contributed by atoms with Gasteiger partial charge >= 0.3 is 0 Å².